The Bertz CT molecular complexity index is 541. The maximum Gasteiger partial charge on any atom is 0.137 e. The fraction of sp³-hybridized carbons (Fsp3) is 0.400. The smallest absolute Gasteiger partial charge is 0.137 e. The molecule has 2 aromatic rings. The molecule has 20 heavy (non-hydrogen) atoms. The van der Waals surface area contributed by atoms with E-state index in [9.17, 15) is 0 Å². The first kappa shape index (κ1) is 14.2. The molecule has 0 atom stereocenters. The second kappa shape index (κ2) is 6.84. The highest BCUT2D eigenvalue weighted by Crippen LogP contribution is 2.24. The van der Waals surface area contributed by atoms with Gasteiger partial charge in [-0.25, -0.2) is 9.97 Å². The van der Waals surface area contributed by atoms with Crippen molar-refractivity contribution in [3.63, 3.8) is 0 Å². The van der Waals surface area contributed by atoms with Crippen molar-refractivity contribution < 1.29 is 0 Å². The van der Waals surface area contributed by atoms with Crippen LogP contribution in [-0.4, -0.2) is 21.5 Å². The fourth-order valence-corrected chi connectivity index (χ4v) is 2.20. The SMILES string of the molecule is CCCc1c(N)ncnc1N(CC)Cc1ccccn1. The van der Waals surface area contributed by atoms with Crippen molar-refractivity contribution in [2.24, 2.45) is 0 Å². The molecule has 2 heterocycles. The molecule has 5 nitrogen and oxygen atoms in total. The summed E-state index contributed by atoms with van der Waals surface area (Å²) >= 11 is 0. The molecule has 0 aliphatic heterocycles. The Balaban J connectivity index is 2.29. The largest absolute Gasteiger partial charge is 0.383 e. The van der Waals surface area contributed by atoms with Gasteiger partial charge in [-0.1, -0.05) is 19.4 Å². The number of hydrogen-bond acceptors (Lipinski definition) is 5. The molecule has 2 aromatic heterocycles. The zero-order valence-corrected chi connectivity index (χ0v) is 12.1. The van der Waals surface area contributed by atoms with Crippen LogP contribution in [0.25, 0.3) is 0 Å². The van der Waals surface area contributed by atoms with E-state index in [0.717, 1.165) is 43.0 Å². The first-order chi connectivity index (χ1) is 9.76. The fourth-order valence-electron chi connectivity index (χ4n) is 2.20. The van der Waals surface area contributed by atoms with E-state index in [1.54, 1.807) is 0 Å². The Morgan fingerprint density at radius 3 is 2.65 bits per heavy atom. The molecule has 0 amide bonds. The van der Waals surface area contributed by atoms with Gasteiger partial charge in [0.05, 0.1) is 12.2 Å². The summed E-state index contributed by atoms with van der Waals surface area (Å²) in [6, 6.07) is 5.94. The number of anilines is 2. The van der Waals surface area contributed by atoms with Gasteiger partial charge in [-0.2, -0.15) is 0 Å². The summed E-state index contributed by atoms with van der Waals surface area (Å²) in [5.41, 5.74) is 8.06. The molecule has 0 fully saturated rings. The molecule has 0 unspecified atom stereocenters. The predicted molar refractivity (Wildman–Crippen MR) is 81.4 cm³/mol. The molecule has 0 aliphatic rings. The van der Waals surface area contributed by atoms with Gasteiger partial charge < -0.3 is 10.6 Å². The highest BCUT2D eigenvalue weighted by molar-refractivity contribution is 5.56. The van der Waals surface area contributed by atoms with Crippen LogP contribution in [0.15, 0.2) is 30.7 Å². The monoisotopic (exact) mass is 271 g/mol. The molecule has 0 aromatic carbocycles. The van der Waals surface area contributed by atoms with Gasteiger partial charge in [0.15, 0.2) is 0 Å². The van der Waals surface area contributed by atoms with Gasteiger partial charge in [0.1, 0.15) is 18.0 Å². The standard InChI is InChI=1S/C15H21N5/c1-3-7-13-14(16)18-11-19-15(13)20(4-2)10-12-8-5-6-9-17-12/h5-6,8-9,11H,3-4,7,10H2,1-2H3,(H2,16,18,19). The minimum absolute atomic E-state index is 0.580. The van der Waals surface area contributed by atoms with Crippen LogP contribution in [0, 0.1) is 0 Å². The van der Waals surface area contributed by atoms with Crippen LogP contribution in [0.4, 0.5) is 11.6 Å². The molecular formula is C15H21N5. The Kier molecular flexibility index (Phi) is 4.87. The van der Waals surface area contributed by atoms with Gasteiger partial charge >= 0.3 is 0 Å². The van der Waals surface area contributed by atoms with Crippen molar-refractivity contribution in [3.8, 4) is 0 Å². The van der Waals surface area contributed by atoms with E-state index < -0.39 is 0 Å². The zero-order chi connectivity index (χ0) is 14.4. The minimum atomic E-state index is 0.580. The van der Waals surface area contributed by atoms with Crippen LogP contribution >= 0.6 is 0 Å². The average molecular weight is 271 g/mol. The van der Waals surface area contributed by atoms with E-state index in [1.807, 2.05) is 24.4 Å². The van der Waals surface area contributed by atoms with Crippen molar-refractivity contribution in [1.29, 1.82) is 0 Å². The summed E-state index contributed by atoms with van der Waals surface area (Å²) in [6.07, 6.45) is 5.25. The molecule has 0 bridgehead atoms. The summed E-state index contributed by atoms with van der Waals surface area (Å²) in [4.78, 5) is 15.1. The molecule has 0 aliphatic carbocycles. The van der Waals surface area contributed by atoms with E-state index in [1.165, 1.54) is 6.33 Å². The molecule has 0 spiro atoms. The predicted octanol–water partition coefficient (Wildman–Crippen LogP) is 2.43. The topological polar surface area (TPSA) is 67.9 Å². The van der Waals surface area contributed by atoms with Crippen molar-refractivity contribution in [2.75, 3.05) is 17.2 Å². The summed E-state index contributed by atoms with van der Waals surface area (Å²) in [5, 5.41) is 0. The van der Waals surface area contributed by atoms with Crippen molar-refractivity contribution in [1.82, 2.24) is 15.0 Å². The van der Waals surface area contributed by atoms with E-state index >= 15 is 0 Å². The number of hydrogen-bond donors (Lipinski definition) is 1. The van der Waals surface area contributed by atoms with Crippen LogP contribution in [0.2, 0.25) is 0 Å². The molecule has 5 heteroatoms. The zero-order valence-electron chi connectivity index (χ0n) is 12.1. The number of nitrogen functional groups attached to an aromatic ring is 1. The quantitative estimate of drug-likeness (QED) is 0.874. The highest BCUT2D eigenvalue weighted by Gasteiger charge is 2.15. The second-order valence-electron chi connectivity index (χ2n) is 4.65. The number of nitrogens with zero attached hydrogens (tertiary/aromatic N) is 4. The second-order valence-corrected chi connectivity index (χ2v) is 4.65. The summed E-state index contributed by atoms with van der Waals surface area (Å²) in [6.45, 7) is 5.82. The molecular weight excluding hydrogens is 250 g/mol. The lowest BCUT2D eigenvalue weighted by Gasteiger charge is -2.24. The summed E-state index contributed by atoms with van der Waals surface area (Å²) in [5.74, 6) is 1.50. The van der Waals surface area contributed by atoms with E-state index in [0.29, 0.717) is 5.82 Å². The molecule has 0 radical (unpaired) electrons. The lowest BCUT2D eigenvalue weighted by atomic mass is 10.1. The summed E-state index contributed by atoms with van der Waals surface area (Å²) in [7, 11) is 0. The number of pyridine rings is 1. The van der Waals surface area contributed by atoms with Crippen LogP contribution in [0.1, 0.15) is 31.5 Å². The molecule has 2 N–H and O–H groups in total. The van der Waals surface area contributed by atoms with Gasteiger partial charge in [-0.3, -0.25) is 4.98 Å². The third kappa shape index (κ3) is 3.23. The first-order valence-corrected chi connectivity index (χ1v) is 7.00. The molecule has 0 saturated carbocycles. The van der Waals surface area contributed by atoms with Crippen LogP contribution < -0.4 is 10.6 Å². The Morgan fingerprint density at radius 1 is 1.15 bits per heavy atom. The van der Waals surface area contributed by atoms with Crippen LogP contribution in [0.5, 0.6) is 0 Å². The third-order valence-corrected chi connectivity index (χ3v) is 3.22. The lowest BCUT2D eigenvalue weighted by Crippen LogP contribution is -2.25. The maximum atomic E-state index is 6.00. The third-order valence-electron chi connectivity index (χ3n) is 3.22. The highest BCUT2D eigenvalue weighted by atomic mass is 15.2. The molecule has 0 saturated heterocycles. The Morgan fingerprint density at radius 2 is 2.00 bits per heavy atom. The number of aromatic nitrogens is 3. The van der Waals surface area contributed by atoms with Crippen LogP contribution in [-0.2, 0) is 13.0 Å². The average Bonchev–Trinajstić information content (AvgIpc) is 2.48. The number of rotatable bonds is 6. The lowest BCUT2D eigenvalue weighted by molar-refractivity contribution is 0.774. The van der Waals surface area contributed by atoms with Crippen molar-refractivity contribution in [3.05, 3.63) is 42.0 Å². The van der Waals surface area contributed by atoms with Crippen molar-refractivity contribution in [2.45, 2.75) is 33.2 Å². The maximum absolute atomic E-state index is 6.00. The first-order valence-electron chi connectivity index (χ1n) is 7.00. The van der Waals surface area contributed by atoms with Crippen molar-refractivity contribution >= 4 is 11.6 Å². The van der Waals surface area contributed by atoms with Gasteiger partial charge in [0.2, 0.25) is 0 Å². The molecule has 106 valence electrons. The van der Waals surface area contributed by atoms with Gasteiger partial charge in [0, 0.05) is 18.3 Å². The van der Waals surface area contributed by atoms with E-state index in [-0.39, 0.29) is 0 Å². The normalized spacial score (nSPS) is 10.5. The molecule has 2 rings (SSSR count). The number of nitrogens with two attached hydrogens (primary N) is 1. The minimum Gasteiger partial charge on any atom is -0.383 e. The Labute approximate surface area is 119 Å². The summed E-state index contributed by atoms with van der Waals surface area (Å²) < 4.78 is 0. The Hall–Kier alpha value is -2.17. The van der Waals surface area contributed by atoms with E-state index in [4.69, 9.17) is 5.73 Å². The van der Waals surface area contributed by atoms with Gasteiger partial charge in [-0.05, 0) is 25.5 Å². The van der Waals surface area contributed by atoms with E-state index in [2.05, 4.69) is 33.7 Å². The van der Waals surface area contributed by atoms with Gasteiger partial charge in [0.25, 0.3) is 0 Å². The van der Waals surface area contributed by atoms with Crippen LogP contribution in [0.3, 0.4) is 0 Å². The van der Waals surface area contributed by atoms with Gasteiger partial charge in [-0.15, -0.1) is 0 Å².